The Morgan fingerprint density at radius 3 is 1.74 bits per heavy atom. The number of hydrogen-bond acceptors (Lipinski definition) is 7. The third-order valence-electron chi connectivity index (χ3n) is 4.73. The van der Waals surface area contributed by atoms with Gasteiger partial charge in [-0.15, -0.1) is 0 Å². The van der Waals surface area contributed by atoms with Crippen molar-refractivity contribution in [1.29, 1.82) is 0 Å². The van der Waals surface area contributed by atoms with Gasteiger partial charge in [-0.2, -0.15) is 13.2 Å². The summed E-state index contributed by atoms with van der Waals surface area (Å²) in [6.07, 6.45) is -5.38. The lowest BCUT2D eigenvalue weighted by Gasteiger charge is -2.28. The first kappa shape index (κ1) is 23.9. The molecular formula is C20H20F3NO7. The lowest BCUT2D eigenvalue weighted by Crippen LogP contribution is -2.50. The number of aliphatic hydroxyl groups is 1. The van der Waals surface area contributed by atoms with E-state index < -0.39 is 35.2 Å². The minimum Gasteiger partial charge on any atom is -0.466 e. The molecule has 31 heavy (non-hydrogen) atoms. The second-order valence-electron chi connectivity index (χ2n) is 6.57. The van der Waals surface area contributed by atoms with Gasteiger partial charge in [-0.3, -0.25) is 0 Å². The zero-order chi connectivity index (χ0) is 23.7. The van der Waals surface area contributed by atoms with Crippen molar-refractivity contribution in [2.24, 2.45) is 0 Å². The first-order valence-electron chi connectivity index (χ1n) is 8.72. The van der Waals surface area contributed by atoms with E-state index in [0.29, 0.717) is 0 Å². The molecule has 8 nitrogen and oxygen atoms in total. The standard InChI is InChI=1S/C20H20F3NO7/c1-10-6-15(19(28,18(27)31-5)20(21,22)23)11(2)24(10)14-8-12(16(25)29-3)7-13(9-14)17(26)30-4/h6-9,28H,1-5H3. The topological polar surface area (TPSA) is 104 Å². The van der Waals surface area contributed by atoms with E-state index in [0.717, 1.165) is 27.4 Å². The molecule has 0 saturated heterocycles. The monoisotopic (exact) mass is 443 g/mol. The Kier molecular flexibility index (Phi) is 6.50. The Hall–Kier alpha value is -3.34. The molecule has 1 aromatic heterocycles. The molecule has 1 heterocycles. The SMILES string of the molecule is COC(=O)c1cc(C(=O)OC)cc(-n2c(C)cc(C(O)(C(=O)OC)C(F)(F)F)c2C)c1. The molecule has 0 spiro atoms. The van der Waals surface area contributed by atoms with Gasteiger partial charge in [0.15, 0.2) is 0 Å². The van der Waals surface area contributed by atoms with Crippen LogP contribution >= 0.6 is 0 Å². The van der Waals surface area contributed by atoms with Crippen molar-refractivity contribution < 1.29 is 46.9 Å². The molecule has 1 aromatic carbocycles. The Labute approximate surface area is 175 Å². The van der Waals surface area contributed by atoms with Gasteiger partial charge < -0.3 is 23.9 Å². The van der Waals surface area contributed by atoms with E-state index >= 15 is 0 Å². The van der Waals surface area contributed by atoms with Crippen LogP contribution in [-0.4, -0.2) is 55.1 Å². The highest BCUT2D eigenvalue weighted by Crippen LogP contribution is 2.42. The first-order chi connectivity index (χ1) is 14.3. The van der Waals surface area contributed by atoms with Crippen LogP contribution in [0.2, 0.25) is 0 Å². The fourth-order valence-electron chi connectivity index (χ4n) is 3.26. The Balaban J connectivity index is 2.83. The smallest absolute Gasteiger partial charge is 0.432 e. The summed E-state index contributed by atoms with van der Waals surface area (Å²) in [4.78, 5) is 36.0. The van der Waals surface area contributed by atoms with Crippen molar-refractivity contribution in [3.63, 3.8) is 0 Å². The molecule has 1 unspecified atom stereocenters. The number of alkyl halides is 3. The predicted octanol–water partition coefficient (Wildman–Crippen LogP) is 2.59. The Morgan fingerprint density at radius 1 is 0.871 bits per heavy atom. The average Bonchev–Trinajstić information content (AvgIpc) is 3.04. The number of carbonyl (C=O) groups excluding carboxylic acids is 3. The van der Waals surface area contributed by atoms with E-state index in [2.05, 4.69) is 14.2 Å². The molecule has 0 aliphatic heterocycles. The van der Waals surface area contributed by atoms with Crippen LogP contribution in [0.15, 0.2) is 24.3 Å². The molecule has 2 aromatic rings. The maximum absolute atomic E-state index is 13.7. The molecule has 0 fully saturated rings. The van der Waals surface area contributed by atoms with Gasteiger partial charge in [-0.25, -0.2) is 14.4 Å². The largest absolute Gasteiger partial charge is 0.466 e. The van der Waals surface area contributed by atoms with E-state index in [1.165, 1.54) is 36.6 Å². The van der Waals surface area contributed by atoms with E-state index in [4.69, 9.17) is 0 Å². The maximum atomic E-state index is 13.7. The Morgan fingerprint density at radius 2 is 1.35 bits per heavy atom. The zero-order valence-corrected chi connectivity index (χ0v) is 17.3. The number of aromatic nitrogens is 1. The van der Waals surface area contributed by atoms with Gasteiger partial charge >= 0.3 is 24.1 Å². The minimum absolute atomic E-state index is 0.0616. The third-order valence-corrected chi connectivity index (χ3v) is 4.73. The Bertz CT molecular complexity index is 1010. The number of halogens is 3. The van der Waals surface area contributed by atoms with Crippen LogP contribution in [0.4, 0.5) is 13.2 Å². The lowest BCUT2D eigenvalue weighted by molar-refractivity contribution is -0.267. The summed E-state index contributed by atoms with van der Waals surface area (Å²) >= 11 is 0. The number of ether oxygens (including phenoxy) is 3. The molecule has 0 amide bonds. The summed E-state index contributed by atoms with van der Waals surface area (Å²) in [7, 11) is 2.97. The number of hydrogen-bond donors (Lipinski definition) is 1. The molecule has 1 N–H and O–H groups in total. The predicted molar refractivity (Wildman–Crippen MR) is 99.9 cm³/mol. The highest BCUT2D eigenvalue weighted by molar-refractivity contribution is 5.96. The first-order valence-corrected chi connectivity index (χ1v) is 8.72. The van der Waals surface area contributed by atoms with Crippen molar-refractivity contribution >= 4 is 17.9 Å². The normalized spacial score (nSPS) is 13.3. The number of methoxy groups -OCH3 is 3. The zero-order valence-electron chi connectivity index (χ0n) is 17.3. The van der Waals surface area contributed by atoms with Gasteiger partial charge in [-0.05, 0) is 38.1 Å². The van der Waals surface area contributed by atoms with Crippen LogP contribution in [0.25, 0.3) is 5.69 Å². The highest BCUT2D eigenvalue weighted by atomic mass is 19.4. The van der Waals surface area contributed by atoms with Gasteiger partial charge in [0.1, 0.15) is 0 Å². The summed E-state index contributed by atoms with van der Waals surface area (Å²) in [5.74, 6) is -3.49. The summed E-state index contributed by atoms with van der Waals surface area (Å²) in [6.45, 7) is 2.66. The van der Waals surface area contributed by atoms with Crippen LogP contribution in [0.1, 0.15) is 37.7 Å². The van der Waals surface area contributed by atoms with Crippen LogP contribution in [0.3, 0.4) is 0 Å². The second-order valence-corrected chi connectivity index (χ2v) is 6.57. The third kappa shape index (κ3) is 4.00. The molecule has 0 saturated carbocycles. The fraction of sp³-hybridized carbons (Fsp3) is 0.350. The minimum atomic E-state index is -5.38. The number of benzene rings is 1. The van der Waals surface area contributed by atoms with E-state index in [9.17, 15) is 32.7 Å². The highest BCUT2D eigenvalue weighted by Gasteiger charge is 2.63. The number of carbonyl (C=O) groups is 3. The van der Waals surface area contributed by atoms with Crippen LogP contribution in [-0.2, 0) is 24.6 Å². The van der Waals surface area contributed by atoms with Crippen molar-refractivity contribution in [2.75, 3.05) is 21.3 Å². The summed E-state index contributed by atoms with van der Waals surface area (Å²) in [6, 6.07) is 4.75. The fourth-order valence-corrected chi connectivity index (χ4v) is 3.26. The van der Waals surface area contributed by atoms with Crippen LogP contribution in [0.5, 0.6) is 0 Å². The van der Waals surface area contributed by atoms with Crippen LogP contribution in [0, 0.1) is 13.8 Å². The van der Waals surface area contributed by atoms with Gasteiger partial charge in [-0.1, -0.05) is 0 Å². The lowest BCUT2D eigenvalue weighted by atomic mass is 9.93. The number of rotatable bonds is 5. The van der Waals surface area contributed by atoms with Gasteiger partial charge in [0.05, 0.1) is 32.5 Å². The molecule has 0 radical (unpaired) electrons. The van der Waals surface area contributed by atoms with Gasteiger partial charge in [0.25, 0.3) is 5.60 Å². The van der Waals surface area contributed by atoms with Crippen molar-refractivity contribution in [3.05, 3.63) is 52.3 Å². The van der Waals surface area contributed by atoms with E-state index in [1.807, 2.05) is 0 Å². The van der Waals surface area contributed by atoms with Crippen molar-refractivity contribution in [2.45, 2.75) is 25.6 Å². The number of esters is 3. The average molecular weight is 443 g/mol. The van der Waals surface area contributed by atoms with Gasteiger partial charge in [0.2, 0.25) is 0 Å². The van der Waals surface area contributed by atoms with E-state index in [-0.39, 0.29) is 28.2 Å². The molecule has 11 heteroatoms. The van der Waals surface area contributed by atoms with E-state index in [1.54, 1.807) is 0 Å². The molecule has 0 aliphatic rings. The molecule has 2 rings (SSSR count). The second kappa shape index (κ2) is 8.42. The van der Waals surface area contributed by atoms with Crippen molar-refractivity contribution in [3.8, 4) is 5.69 Å². The number of nitrogens with zero attached hydrogens (tertiary/aromatic N) is 1. The molecular weight excluding hydrogens is 423 g/mol. The van der Waals surface area contributed by atoms with Gasteiger partial charge in [0, 0.05) is 22.6 Å². The van der Waals surface area contributed by atoms with Crippen LogP contribution < -0.4 is 0 Å². The summed E-state index contributed by atoms with van der Waals surface area (Å²) in [5, 5.41) is 10.4. The van der Waals surface area contributed by atoms with Crippen molar-refractivity contribution in [1.82, 2.24) is 4.57 Å². The molecule has 0 bridgehead atoms. The number of aryl methyl sites for hydroxylation is 1. The molecule has 168 valence electrons. The molecule has 0 aliphatic carbocycles. The molecule has 1 atom stereocenters. The quantitative estimate of drug-likeness (QED) is 0.560. The maximum Gasteiger partial charge on any atom is 0.432 e. The summed E-state index contributed by atoms with van der Waals surface area (Å²) < 4.78 is 55.9. The summed E-state index contributed by atoms with van der Waals surface area (Å²) in [5.41, 5.74) is -4.68.